The van der Waals surface area contributed by atoms with Gasteiger partial charge in [-0.1, -0.05) is 30.4 Å². The summed E-state index contributed by atoms with van der Waals surface area (Å²) in [5, 5.41) is 20.3. The van der Waals surface area contributed by atoms with Crippen LogP contribution in [0, 0.1) is 11.8 Å². The molecule has 0 amide bonds. The van der Waals surface area contributed by atoms with Crippen molar-refractivity contribution in [3.8, 4) is 0 Å². The number of cyclic esters (lactones) is 1. The Morgan fingerprint density at radius 3 is 2.71 bits per heavy atom. The minimum Gasteiger partial charge on any atom is -0.462 e. The first-order chi connectivity index (χ1) is 11.1. The molecule has 1 saturated carbocycles. The molecule has 0 aromatic rings. The summed E-state index contributed by atoms with van der Waals surface area (Å²) in [5.74, 6) is -0.184. The van der Waals surface area contributed by atoms with Crippen molar-refractivity contribution in [2.75, 3.05) is 6.61 Å². The van der Waals surface area contributed by atoms with Crippen LogP contribution in [0.2, 0.25) is 0 Å². The van der Waals surface area contributed by atoms with Crippen LogP contribution in [0.1, 0.15) is 52.9 Å². The maximum Gasteiger partial charge on any atom is 0.334 e. The Balaban J connectivity index is 2.31. The van der Waals surface area contributed by atoms with Gasteiger partial charge in [0, 0.05) is 17.4 Å². The summed E-state index contributed by atoms with van der Waals surface area (Å²) >= 11 is 0. The van der Waals surface area contributed by atoms with Crippen molar-refractivity contribution in [2.45, 2.75) is 64.1 Å². The maximum absolute atomic E-state index is 12.3. The standard InChI is InChI=1S/C20H30O4/c1-14-7-5-11-20(4,23)12-9-15-16(8-6-10-19(2,3)22)18(21)24-13-17(14)15/h6,8,10,15,17,22-23H,1,5,7,9,11-13H2,2-4H3/b10-6+,16-8+/t15-,17+,20-/m1/s1. The first kappa shape index (κ1) is 18.9. The van der Waals surface area contributed by atoms with Crippen molar-refractivity contribution in [2.24, 2.45) is 11.8 Å². The van der Waals surface area contributed by atoms with Gasteiger partial charge in [0.15, 0.2) is 0 Å². The number of aliphatic hydroxyl groups is 2. The molecule has 4 heteroatoms. The van der Waals surface area contributed by atoms with Gasteiger partial charge in [-0.05, 0) is 52.9 Å². The monoisotopic (exact) mass is 334 g/mol. The lowest BCUT2D eigenvalue weighted by Crippen LogP contribution is -2.35. The Morgan fingerprint density at radius 1 is 1.33 bits per heavy atom. The number of allylic oxidation sites excluding steroid dienone is 2. The molecule has 0 aromatic carbocycles. The fourth-order valence-corrected chi connectivity index (χ4v) is 3.54. The van der Waals surface area contributed by atoms with E-state index in [2.05, 4.69) is 6.58 Å². The lowest BCUT2D eigenvalue weighted by molar-refractivity contribution is -0.145. The van der Waals surface area contributed by atoms with E-state index in [1.165, 1.54) is 0 Å². The molecule has 1 aliphatic carbocycles. The largest absolute Gasteiger partial charge is 0.462 e. The molecule has 2 aliphatic rings. The lowest BCUT2D eigenvalue weighted by Gasteiger charge is -2.34. The minimum atomic E-state index is -0.930. The van der Waals surface area contributed by atoms with E-state index in [0.29, 0.717) is 18.6 Å². The molecule has 2 rings (SSSR count). The van der Waals surface area contributed by atoms with Gasteiger partial charge in [-0.15, -0.1) is 0 Å². The predicted octanol–water partition coefficient (Wildman–Crippen LogP) is 3.30. The zero-order valence-corrected chi connectivity index (χ0v) is 15.0. The molecule has 1 aliphatic heterocycles. The zero-order chi connectivity index (χ0) is 18.0. The molecule has 0 unspecified atom stereocenters. The molecule has 134 valence electrons. The molecule has 24 heavy (non-hydrogen) atoms. The Bertz CT molecular complexity index is 548. The number of carbonyl (C=O) groups excluding carboxylic acids is 1. The van der Waals surface area contributed by atoms with E-state index in [-0.39, 0.29) is 17.8 Å². The van der Waals surface area contributed by atoms with Gasteiger partial charge in [-0.3, -0.25) is 0 Å². The molecular formula is C20H30O4. The Kier molecular flexibility index (Phi) is 5.71. The molecule has 0 aromatic heterocycles. The SMILES string of the molecule is C=C1CCC[C@@](C)(O)CC[C@@H]2/C(=C\C=C\C(C)(C)O)C(=O)OC[C@@H]12. The lowest BCUT2D eigenvalue weighted by atomic mass is 9.76. The number of carbonyl (C=O) groups is 1. The molecule has 0 bridgehead atoms. The van der Waals surface area contributed by atoms with Crippen LogP contribution < -0.4 is 0 Å². The number of rotatable bonds is 2. The van der Waals surface area contributed by atoms with Crippen LogP contribution in [-0.4, -0.2) is 34.0 Å². The Labute approximate surface area is 144 Å². The molecule has 0 spiro atoms. The van der Waals surface area contributed by atoms with Crippen molar-refractivity contribution in [3.05, 3.63) is 36.0 Å². The van der Waals surface area contributed by atoms with Gasteiger partial charge in [-0.2, -0.15) is 0 Å². The summed E-state index contributed by atoms with van der Waals surface area (Å²) in [7, 11) is 0. The van der Waals surface area contributed by atoms with Crippen LogP contribution in [0.4, 0.5) is 0 Å². The molecule has 1 heterocycles. The van der Waals surface area contributed by atoms with Crippen LogP contribution in [-0.2, 0) is 9.53 Å². The third kappa shape index (κ3) is 5.05. The van der Waals surface area contributed by atoms with Crippen LogP contribution in [0.3, 0.4) is 0 Å². The third-order valence-corrected chi connectivity index (χ3v) is 5.03. The summed E-state index contributed by atoms with van der Waals surface area (Å²) in [6.45, 7) is 9.82. The quantitative estimate of drug-likeness (QED) is 0.462. The van der Waals surface area contributed by atoms with Gasteiger partial charge in [0.25, 0.3) is 0 Å². The smallest absolute Gasteiger partial charge is 0.334 e. The second-order valence-corrected chi connectivity index (χ2v) is 7.99. The van der Waals surface area contributed by atoms with Crippen LogP contribution >= 0.6 is 0 Å². The van der Waals surface area contributed by atoms with Gasteiger partial charge < -0.3 is 14.9 Å². The van der Waals surface area contributed by atoms with Gasteiger partial charge in [0.1, 0.15) is 0 Å². The van der Waals surface area contributed by atoms with E-state index < -0.39 is 11.2 Å². The van der Waals surface area contributed by atoms with Crippen LogP contribution in [0.15, 0.2) is 36.0 Å². The van der Waals surface area contributed by atoms with E-state index in [1.807, 2.05) is 6.92 Å². The first-order valence-corrected chi connectivity index (χ1v) is 8.78. The second kappa shape index (κ2) is 7.24. The summed E-state index contributed by atoms with van der Waals surface area (Å²) in [6, 6.07) is 0. The average molecular weight is 334 g/mol. The third-order valence-electron chi connectivity index (χ3n) is 5.03. The fourth-order valence-electron chi connectivity index (χ4n) is 3.54. The van der Waals surface area contributed by atoms with E-state index >= 15 is 0 Å². The van der Waals surface area contributed by atoms with Crippen molar-refractivity contribution in [1.82, 2.24) is 0 Å². The molecule has 3 atom stereocenters. The number of ether oxygens (including phenoxy) is 1. The Hall–Kier alpha value is -1.39. The average Bonchev–Trinajstić information content (AvgIpc) is 2.50. The topological polar surface area (TPSA) is 66.8 Å². The highest BCUT2D eigenvalue weighted by Crippen LogP contribution is 2.40. The van der Waals surface area contributed by atoms with E-state index in [1.54, 1.807) is 32.1 Å². The first-order valence-electron chi connectivity index (χ1n) is 8.78. The van der Waals surface area contributed by atoms with Gasteiger partial charge in [-0.25, -0.2) is 4.79 Å². The number of hydrogen-bond acceptors (Lipinski definition) is 4. The molecule has 1 saturated heterocycles. The van der Waals surface area contributed by atoms with Crippen molar-refractivity contribution >= 4 is 5.97 Å². The second-order valence-electron chi connectivity index (χ2n) is 7.99. The maximum atomic E-state index is 12.3. The summed E-state index contributed by atoms with van der Waals surface area (Å²) < 4.78 is 5.38. The van der Waals surface area contributed by atoms with Crippen molar-refractivity contribution in [3.63, 3.8) is 0 Å². The molecule has 4 nitrogen and oxygen atoms in total. The van der Waals surface area contributed by atoms with E-state index in [4.69, 9.17) is 4.74 Å². The van der Waals surface area contributed by atoms with E-state index in [9.17, 15) is 15.0 Å². The molecular weight excluding hydrogens is 304 g/mol. The number of esters is 1. The summed E-state index contributed by atoms with van der Waals surface area (Å²) in [5.41, 5.74) is 0.0822. The predicted molar refractivity (Wildman–Crippen MR) is 94.3 cm³/mol. The van der Waals surface area contributed by atoms with Gasteiger partial charge in [0.05, 0.1) is 17.8 Å². The summed E-state index contributed by atoms with van der Waals surface area (Å²) in [6.07, 6.45) is 9.00. The fraction of sp³-hybridized carbons (Fsp3) is 0.650. The van der Waals surface area contributed by atoms with Crippen molar-refractivity contribution < 1.29 is 19.7 Å². The number of fused-ring (bicyclic) bond motifs is 1. The van der Waals surface area contributed by atoms with E-state index in [0.717, 1.165) is 31.3 Å². The normalized spacial score (nSPS) is 34.5. The highest BCUT2D eigenvalue weighted by molar-refractivity contribution is 5.90. The Morgan fingerprint density at radius 2 is 2.04 bits per heavy atom. The minimum absolute atomic E-state index is 0.00906. The number of hydrogen-bond donors (Lipinski definition) is 2. The van der Waals surface area contributed by atoms with Crippen LogP contribution in [0.5, 0.6) is 0 Å². The molecule has 2 fully saturated rings. The van der Waals surface area contributed by atoms with Gasteiger partial charge in [0.2, 0.25) is 0 Å². The van der Waals surface area contributed by atoms with Crippen molar-refractivity contribution in [1.29, 1.82) is 0 Å². The van der Waals surface area contributed by atoms with Crippen LogP contribution in [0.25, 0.3) is 0 Å². The zero-order valence-electron chi connectivity index (χ0n) is 15.0. The highest BCUT2D eigenvalue weighted by Gasteiger charge is 2.38. The molecule has 2 N–H and O–H groups in total. The highest BCUT2D eigenvalue weighted by atomic mass is 16.5. The molecule has 0 radical (unpaired) electrons. The summed E-state index contributed by atoms with van der Waals surface area (Å²) in [4.78, 5) is 12.3. The van der Waals surface area contributed by atoms with Gasteiger partial charge >= 0.3 is 5.97 Å².